The van der Waals surface area contributed by atoms with E-state index in [9.17, 15) is 4.79 Å². The van der Waals surface area contributed by atoms with Crippen molar-refractivity contribution in [2.75, 3.05) is 6.61 Å². The van der Waals surface area contributed by atoms with E-state index in [4.69, 9.17) is 10.5 Å². The smallest absolute Gasteiger partial charge is 0.224 e. The minimum Gasteiger partial charge on any atom is -0.377 e. The third-order valence-electron chi connectivity index (χ3n) is 5.53. The Hall–Kier alpha value is -1.39. The van der Waals surface area contributed by atoms with E-state index in [1.165, 1.54) is 0 Å². The summed E-state index contributed by atoms with van der Waals surface area (Å²) in [6.07, 6.45) is 1.33. The summed E-state index contributed by atoms with van der Waals surface area (Å²) in [5.41, 5.74) is 7.27. The van der Waals surface area contributed by atoms with Gasteiger partial charge in [-0.15, -0.1) is 0 Å². The highest BCUT2D eigenvalue weighted by atomic mass is 16.5. The van der Waals surface area contributed by atoms with Crippen molar-refractivity contribution in [1.29, 1.82) is 0 Å². The van der Waals surface area contributed by atoms with E-state index in [1.807, 2.05) is 37.3 Å². The van der Waals surface area contributed by atoms with Crippen molar-refractivity contribution >= 4 is 5.91 Å². The van der Waals surface area contributed by atoms with Crippen LogP contribution in [0.5, 0.6) is 0 Å². The lowest BCUT2D eigenvalue weighted by Gasteiger charge is -2.54. The zero-order valence-corrected chi connectivity index (χ0v) is 13.6. The fourth-order valence-electron chi connectivity index (χ4n) is 4.03. The predicted molar refractivity (Wildman–Crippen MR) is 86.1 cm³/mol. The molecular weight excluding hydrogens is 276 g/mol. The number of hydrogen-bond donors (Lipinski definition) is 2. The molecule has 0 aromatic heterocycles. The first-order chi connectivity index (χ1) is 10.4. The molecule has 1 amide bonds. The molecule has 1 aliphatic heterocycles. The van der Waals surface area contributed by atoms with E-state index in [-0.39, 0.29) is 35.4 Å². The molecule has 22 heavy (non-hydrogen) atoms. The van der Waals surface area contributed by atoms with Crippen molar-refractivity contribution in [3.05, 3.63) is 35.9 Å². The number of carbonyl (C=O) groups excluding carboxylic acids is 1. The Bertz CT molecular complexity index is 543. The first-order valence-electron chi connectivity index (χ1n) is 8.15. The normalized spacial score (nSPS) is 31.7. The van der Waals surface area contributed by atoms with Crippen molar-refractivity contribution < 1.29 is 9.53 Å². The Morgan fingerprint density at radius 3 is 2.73 bits per heavy atom. The standard InChI is InChI=1S/C18H26N2O2/c1-11(14(19)12-7-5-4-6-8-12)17(21)20-15-13-9-10-22-16(13)18(15,2)3/h4-8,11,13-16H,9-10,19H2,1-3H3,(H,20,21). The zero-order chi connectivity index (χ0) is 15.9. The summed E-state index contributed by atoms with van der Waals surface area (Å²) in [7, 11) is 0. The molecular formula is C18H26N2O2. The van der Waals surface area contributed by atoms with Crippen LogP contribution in [0.25, 0.3) is 0 Å². The number of hydrogen-bond acceptors (Lipinski definition) is 3. The van der Waals surface area contributed by atoms with Gasteiger partial charge < -0.3 is 15.8 Å². The molecule has 2 fully saturated rings. The molecule has 1 heterocycles. The number of carbonyl (C=O) groups is 1. The van der Waals surface area contributed by atoms with E-state index >= 15 is 0 Å². The van der Waals surface area contributed by atoms with Crippen LogP contribution >= 0.6 is 0 Å². The van der Waals surface area contributed by atoms with Crippen LogP contribution < -0.4 is 11.1 Å². The van der Waals surface area contributed by atoms with Gasteiger partial charge in [-0.2, -0.15) is 0 Å². The molecule has 4 heteroatoms. The summed E-state index contributed by atoms with van der Waals surface area (Å²) >= 11 is 0. The van der Waals surface area contributed by atoms with E-state index in [0.717, 1.165) is 18.6 Å². The van der Waals surface area contributed by atoms with Crippen LogP contribution in [0.15, 0.2) is 30.3 Å². The number of ether oxygens (including phenoxy) is 1. The van der Waals surface area contributed by atoms with Gasteiger partial charge in [-0.05, 0) is 12.0 Å². The number of amides is 1. The highest BCUT2D eigenvalue weighted by molar-refractivity contribution is 5.80. The highest BCUT2D eigenvalue weighted by Gasteiger charge is 2.59. The van der Waals surface area contributed by atoms with E-state index in [2.05, 4.69) is 19.2 Å². The second-order valence-electron chi connectivity index (χ2n) is 7.28. The van der Waals surface area contributed by atoms with Gasteiger partial charge in [-0.3, -0.25) is 4.79 Å². The van der Waals surface area contributed by atoms with Crippen LogP contribution in [-0.4, -0.2) is 24.7 Å². The van der Waals surface area contributed by atoms with Gasteiger partial charge in [0, 0.05) is 30.0 Å². The molecule has 1 saturated heterocycles. The molecule has 1 aromatic rings. The Morgan fingerprint density at radius 1 is 1.36 bits per heavy atom. The predicted octanol–water partition coefficient (Wildman–Crippen LogP) is 2.25. The van der Waals surface area contributed by atoms with Gasteiger partial charge in [-0.1, -0.05) is 51.1 Å². The molecule has 3 rings (SSSR count). The van der Waals surface area contributed by atoms with Gasteiger partial charge in [0.15, 0.2) is 0 Å². The molecule has 120 valence electrons. The Morgan fingerprint density at radius 2 is 2.05 bits per heavy atom. The quantitative estimate of drug-likeness (QED) is 0.896. The zero-order valence-electron chi connectivity index (χ0n) is 13.6. The molecule has 1 saturated carbocycles. The summed E-state index contributed by atoms with van der Waals surface area (Å²) in [5.74, 6) is 0.249. The lowest BCUT2D eigenvalue weighted by Crippen LogP contribution is -2.67. The van der Waals surface area contributed by atoms with Gasteiger partial charge in [0.1, 0.15) is 0 Å². The number of benzene rings is 1. The van der Waals surface area contributed by atoms with E-state index < -0.39 is 0 Å². The van der Waals surface area contributed by atoms with Gasteiger partial charge in [0.05, 0.1) is 12.0 Å². The Kier molecular flexibility index (Phi) is 4.00. The first-order valence-corrected chi connectivity index (χ1v) is 8.15. The van der Waals surface area contributed by atoms with Crippen LogP contribution in [0.1, 0.15) is 38.8 Å². The summed E-state index contributed by atoms with van der Waals surface area (Å²) < 4.78 is 5.78. The molecule has 3 N–H and O–H groups in total. The molecule has 1 aromatic carbocycles. The largest absolute Gasteiger partial charge is 0.377 e. The van der Waals surface area contributed by atoms with Crippen molar-refractivity contribution in [1.82, 2.24) is 5.32 Å². The average molecular weight is 302 g/mol. The maximum absolute atomic E-state index is 12.6. The molecule has 0 spiro atoms. The van der Waals surface area contributed by atoms with Crippen molar-refractivity contribution in [3.8, 4) is 0 Å². The van der Waals surface area contributed by atoms with Crippen LogP contribution in [0, 0.1) is 17.3 Å². The van der Waals surface area contributed by atoms with Gasteiger partial charge in [0.25, 0.3) is 0 Å². The number of nitrogens with two attached hydrogens (primary N) is 1. The maximum atomic E-state index is 12.6. The molecule has 5 unspecified atom stereocenters. The second-order valence-corrected chi connectivity index (χ2v) is 7.28. The minimum absolute atomic E-state index is 0.00733. The Labute approximate surface area is 132 Å². The lowest BCUT2D eigenvalue weighted by molar-refractivity contribution is -0.141. The van der Waals surface area contributed by atoms with Crippen LogP contribution in [-0.2, 0) is 9.53 Å². The molecule has 0 bridgehead atoms. The van der Waals surface area contributed by atoms with Crippen LogP contribution in [0.4, 0.5) is 0 Å². The van der Waals surface area contributed by atoms with E-state index in [0.29, 0.717) is 5.92 Å². The fourth-order valence-corrected chi connectivity index (χ4v) is 4.03. The third-order valence-corrected chi connectivity index (χ3v) is 5.53. The van der Waals surface area contributed by atoms with Crippen molar-refractivity contribution in [3.63, 3.8) is 0 Å². The fraction of sp³-hybridized carbons (Fsp3) is 0.611. The first kappa shape index (κ1) is 15.5. The number of rotatable bonds is 4. The van der Waals surface area contributed by atoms with Gasteiger partial charge in [-0.25, -0.2) is 0 Å². The molecule has 2 aliphatic rings. The number of fused-ring (bicyclic) bond motifs is 1. The van der Waals surface area contributed by atoms with Gasteiger partial charge >= 0.3 is 0 Å². The molecule has 4 nitrogen and oxygen atoms in total. The summed E-state index contributed by atoms with van der Waals surface area (Å²) in [5, 5.41) is 3.23. The maximum Gasteiger partial charge on any atom is 0.224 e. The monoisotopic (exact) mass is 302 g/mol. The van der Waals surface area contributed by atoms with Crippen LogP contribution in [0.2, 0.25) is 0 Å². The summed E-state index contributed by atoms with van der Waals surface area (Å²) in [4.78, 5) is 12.6. The minimum atomic E-state index is -0.278. The summed E-state index contributed by atoms with van der Waals surface area (Å²) in [6, 6.07) is 9.73. The SMILES string of the molecule is CC(C(=O)NC1C2CCOC2C1(C)C)C(N)c1ccccc1. The van der Waals surface area contributed by atoms with Crippen molar-refractivity contribution in [2.24, 2.45) is 23.0 Å². The Balaban J connectivity index is 1.64. The molecule has 5 atom stereocenters. The lowest BCUT2D eigenvalue weighted by atomic mass is 9.57. The third kappa shape index (κ3) is 2.44. The van der Waals surface area contributed by atoms with E-state index in [1.54, 1.807) is 0 Å². The summed E-state index contributed by atoms with van der Waals surface area (Å²) in [6.45, 7) is 7.06. The van der Waals surface area contributed by atoms with Gasteiger partial charge in [0.2, 0.25) is 5.91 Å². The molecule has 1 aliphatic carbocycles. The van der Waals surface area contributed by atoms with Crippen molar-refractivity contribution in [2.45, 2.75) is 45.4 Å². The average Bonchev–Trinajstić information content (AvgIpc) is 2.98. The van der Waals surface area contributed by atoms with Crippen LogP contribution in [0.3, 0.4) is 0 Å². The second kappa shape index (κ2) is 5.67. The topological polar surface area (TPSA) is 64.3 Å². The number of nitrogens with one attached hydrogen (secondary N) is 1. The molecule has 0 radical (unpaired) electrons. The highest BCUT2D eigenvalue weighted by Crippen LogP contribution is 2.52.